The van der Waals surface area contributed by atoms with Crippen molar-refractivity contribution in [2.24, 2.45) is 11.8 Å². The Morgan fingerprint density at radius 3 is 2.29 bits per heavy atom. The molecule has 3 heteroatoms. The Morgan fingerprint density at radius 2 is 1.82 bits per heavy atom. The van der Waals surface area contributed by atoms with Gasteiger partial charge < -0.3 is 5.32 Å². The third kappa shape index (κ3) is 8.41. The van der Waals surface area contributed by atoms with Crippen LogP contribution in [0.5, 0.6) is 0 Å². The molecule has 1 unspecified atom stereocenters. The van der Waals surface area contributed by atoms with E-state index in [1.165, 1.54) is 37.8 Å². The number of rotatable bonds is 5. The largest absolute Gasteiger partial charge is 0.381 e. The summed E-state index contributed by atoms with van der Waals surface area (Å²) in [5.41, 5.74) is 2.74. The van der Waals surface area contributed by atoms with Crippen LogP contribution in [-0.2, 0) is 12.5 Å². The van der Waals surface area contributed by atoms with E-state index in [0.717, 1.165) is 29.7 Å². The molecule has 1 atom stereocenters. The maximum atomic E-state index is 13.3. The second-order valence-electron chi connectivity index (χ2n) is 7.65. The molecule has 0 amide bonds. The first kappa shape index (κ1) is 24.1. The van der Waals surface area contributed by atoms with E-state index in [-0.39, 0.29) is 5.56 Å². The molecule has 1 nitrogen and oxygen atoms in total. The zero-order valence-corrected chi connectivity index (χ0v) is 18.2. The van der Waals surface area contributed by atoms with Gasteiger partial charge in [0.25, 0.3) is 5.92 Å². The first-order valence-electron chi connectivity index (χ1n) is 10.6. The van der Waals surface area contributed by atoms with E-state index < -0.39 is 5.92 Å². The van der Waals surface area contributed by atoms with Crippen LogP contribution in [0.2, 0.25) is 0 Å². The molecule has 28 heavy (non-hydrogen) atoms. The lowest BCUT2D eigenvalue weighted by atomic mass is 10.1. The van der Waals surface area contributed by atoms with Gasteiger partial charge in [0.1, 0.15) is 0 Å². The lowest BCUT2D eigenvalue weighted by Gasteiger charge is -2.13. The van der Waals surface area contributed by atoms with Crippen molar-refractivity contribution in [3.8, 4) is 0 Å². The Labute approximate surface area is 170 Å². The zero-order valence-electron chi connectivity index (χ0n) is 18.2. The molecule has 156 valence electrons. The van der Waals surface area contributed by atoms with E-state index in [1.54, 1.807) is 6.07 Å². The molecule has 0 bridgehead atoms. The first-order valence-corrected chi connectivity index (χ1v) is 10.6. The van der Waals surface area contributed by atoms with Crippen LogP contribution in [-0.4, -0.2) is 0 Å². The fourth-order valence-electron chi connectivity index (χ4n) is 3.25. The second-order valence-corrected chi connectivity index (χ2v) is 7.65. The molecule has 3 rings (SSSR count). The highest BCUT2D eigenvalue weighted by molar-refractivity contribution is 5.42. The van der Waals surface area contributed by atoms with Crippen molar-refractivity contribution in [1.29, 1.82) is 0 Å². The summed E-state index contributed by atoms with van der Waals surface area (Å²) in [6.07, 6.45) is 12.2. The number of alkyl halides is 2. The lowest BCUT2D eigenvalue weighted by molar-refractivity contribution is 0.0174. The third-order valence-electron chi connectivity index (χ3n) is 4.95. The SMILES string of the molecule is C=C(NCc1cccc(C(C)(F)F)c1)C1=CC(C)C=C1.CC.CC1CCCC1. The van der Waals surface area contributed by atoms with Gasteiger partial charge in [-0.25, -0.2) is 8.78 Å². The third-order valence-corrected chi connectivity index (χ3v) is 4.95. The highest BCUT2D eigenvalue weighted by Gasteiger charge is 2.24. The molecule has 1 N–H and O–H groups in total. The summed E-state index contributed by atoms with van der Waals surface area (Å²) in [4.78, 5) is 0. The first-order chi connectivity index (χ1) is 13.3. The molecule has 0 saturated heterocycles. The van der Waals surface area contributed by atoms with Gasteiger partial charge in [-0.3, -0.25) is 0 Å². The topological polar surface area (TPSA) is 12.0 Å². The summed E-state index contributed by atoms with van der Waals surface area (Å²) < 4.78 is 26.5. The minimum absolute atomic E-state index is 0.0380. The van der Waals surface area contributed by atoms with Crippen molar-refractivity contribution < 1.29 is 8.78 Å². The molecule has 0 spiro atoms. The van der Waals surface area contributed by atoms with Crippen molar-refractivity contribution in [3.63, 3.8) is 0 Å². The lowest BCUT2D eigenvalue weighted by Crippen LogP contribution is -2.14. The summed E-state index contributed by atoms with van der Waals surface area (Å²) in [5, 5.41) is 3.18. The molecular weight excluding hydrogens is 352 g/mol. The Balaban J connectivity index is 0.000000411. The summed E-state index contributed by atoms with van der Waals surface area (Å²) >= 11 is 0. The predicted molar refractivity (Wildman–Crippen MR) is 117 cm³/mol. The normalized spacial score (nSPS) is 18.5. The van der Waals surface area contributed by atoms with Gasteiger partial charge in [0, 0.05) is 24.7 Å². The van der Waals surface area contributed by atoms with E-state index in [4.69, 9.17) is 0 Å². The summed E-state index contributed by atoms with van der Waals surface area (Å²) in [7, 11) is 0. The average molecular weight is 390 g/mol. The van der Waals surface area contributed by atoms with Crippen LogP contribution in [0, 0.1) is 11.8 Å². The van der Waals surface area contributed by atoms with Crippen LogP contribution in [0.4, 0.5) is 8.78 Å². The van der Waals surface area contributed by atoms with Crippen LogP contribution in [0.3, 0.4) is 0 Å². The van der Waals surface area contributed by atoms with Gasteiger partial charge >= 0.3 is 0 Å². The fourth-order valence-corrected chi connectivity index (χ4v) is 3.25. The summed E-state index contributed by atoms with van der Waals surface area (Å²) in [6, 6.07) is 6.46. The molecule has 0 radical (unpaired) electrons. The second kappa shape index (κ2) is 11.8. The monoisotopic (exact) mass is 389 g/mol. The maximum Gasteiger partial charge on any atom is 0.270 e. The summed E-state index contributed by atoms with van der Waals surface area (Å²) in [6.45, 7) is 13.8. The Hall–Kier alpha value is -1.90. The van der Waals surface area contributed by atoms with Crippen LogP contribution in [0.15, 0.2) is 60.3 Å². The van der Waals surface area contributed by atoms with E-state index in [0.29, 0.717) is 12.5 Å². The molecule has 2 aliphatic carbocycles. The van der Waals surface area contributed by atoms with Crippen LogP contribution in [0.25, 0.3) is 0 Å². The molecule has 0 aliphatic heterocycles. The van der Waals surface area contributed by atoms with Crippen LogP contribution >= 0.6 is 0 Å². The minimum atomic E-state index is -2.81. The van der Waals surface area contributed by atoms with Crippen molar-refractivity contribution in [2.75, 3.05) is 0 Å². The van der Waals surface area contributed by atoms with Gasteiger partial charge in [0.15, 0.2) is 0 Å². The van der Waals surface area contributed by atoms with Gasteiger partial charge in [0.2, 0.25) is 0 Å². The molecule has 2 aliphatic rings. The number of allylic oxidation sites excluding steroid dienone is 3. The predicted octanol–water partition coefficient (Wildman–Crippen LogP) is 7.76. The van der Waals surface area contributed by atoms with E-state index in [1.807, 2.05) is 26.0 Å². The average Bonchev–Trinajstić information content (AvgIpc) is 3.32. The minimum Gasteiger partial charge on any atom is -0.381 e. The van der Waals surface area contributed by atoms with Gasteiger partial charge in [-0.2, -0.15) is 0 Å². The van der Waals surface area contributed by atoms with Crippen molar-refractivity contribution in [2.45, 2.75) is 72.8 Å². The van der Waals surface area contributed by atoms with Crippen LogP contribution in [0.1, 0.15) is 71.4 Å². The molecule has 1 saturated carbocycles. The van der Waals surface area contributed by atoms with E-state index >= 15 is 0 Å². The van der Waals surface area contributed by atoms with Gasteiger partial charge in [-0.1, -0.05) is 96.4 Å². The fraction of sp³-hybridized carbons (Fsp3) is 0.520. The molecular formula is C25H37F2N. The van der Waals surface area contributed by atoms with E-state index in [9.17, 15) is 8.78 Å². The van der Waals surface area contributed by atoms with Crippen LogP contribution < -0.4 is 5.32 Å². The highest BCUT2D eigenvalue weighted by atomic mass is 19.3. The van der Waals surface area contributed by atoms with Crippen molar-refractivity contribution in [1.82, 2.24) is 5.32 Å². The number of halogens is 2. The zero-order chi connectivity index (χ0) is 21.2. The summed E-state index contributed by atoms with van der Waals surface area (Å²) in [5.74, 6) is -1.34. The number of nitrogens with one attached hydrogen (secondary N) is 1. The van der Waals surface area contributed by atoms with Gasteiger partial charge in [-0.05, 0) is 29.0 Å². The molecule has 1 aromatic carbocycles. The molecule has 1 fully saturated rings. The Kier molecular flexibility index (Phi) is 10.2. The smallest absolute Gasteiger partial charge is 0.270 e. The molecule has 0 aromatic heterocycles. The standard InChI is InChI=1S/C17H19F2N.C6H12.C2H6/c1-12-7-8-15(9-12)13(2)20-11-14-5-4-6-16(10-14)17(3,18)19;1-6-4-2-3-5-6;1-2/h4-10,12,20H,2,11H2,1,3H3;6H,2-5H2,1H3;1-2H3. The quantitative estimate of drug-likeness (QED) is 0.542. The van der Waals surface area contributed by atoms with Crippen molar-refractivity contribution >= 4 is 0 Å². The number of hydrogen-bond donors (Lipinski definition) is 1. The van der Waals surface area contributed by atoms with E-state index in [2.05, 4.69) is 37.9 Å². The molecule has 1 aromatic rings. The number of hydrogen-bond acceptors (Lipinski definition) is 1. The highest BCUT2D eigenvalue weighted by Crippen LogP contribution is 2.27. The Morgan fingerprint density at radius 1 is 1.18 bits per heavy atom. The Bertz CT molecular complexity index is 661. The van der Waals surface area contributed by atoms with Crippen molar-refractivity contribution in [3.05, 3.63) is 71.5 Å². The van der Waals surface area contributed by atoms with Gasteiger partial charge in [0.05, 0.1) is 0 Å². The van der Waals surface area contributed by atoms with Gasteiger partial charge in [-0.15, -0.1) is 0 Å². The maximum absolute atomic E-state index is 13.3. The number of benzene rings is 1. The molecule has 0 heterocycles.